The molecule has 0 saturated heterocycles. The number of aliphatic carboxylic acids is 1. The fourth-order valence-corrected chi connectivity index (χ4v) is 0. The summed E-state index contributed by atoms with van der Waals surface area (Å²) in [6, 6.07) is 0. The van der Waals surface area contributed by atoms with Crippen LogP contribution in [0.15, 0.2) is 0 Å². The molecule has 0 aliphatic carbocycles. The maximum absolute atomic E-state index is 9.13. The first-order valence-electron chi connectivity index (χ1n) is 1.17. The summed E-state index contributed by atoms with van der Waals surface area (Å²) in [7, 11) is 0. The van der Waals surface area contributed by atoms with Crippen LogP contribution in [0.4, 0.5) is 0 Å². The molecule has 0 aliphatic heterocycles. The molecular weight excluding hydrogens is 132 g/mol. The fraction of sp³-hybridized carbons (Fsp3) is 0.500. The van der Waals surface area contributed by atoms with E-state index < -0.39 is 5.97 Å². The Morgan fingerprint density at radius 1 is 1.71 bits per heavy atom. The second kappa shape index (κ2) is 10.9. The molecule has 0 rings (SSSR count). The predicted octanol–water partition coefficient (Wildman–Crippen LogP) is -5.95. The van der Waals surface area contributed by atoms with Gasteiger partial charge in [-0.25, -0.2) is 0 Å². The minimum absolute atomic E-state index is 0. The van der Waals surface area contributed by atoms with Gasteiger partial charge in [0.25, 0.3) is 0 Å². The average Bonchev–Trinajstić information content (AvgIpc) is 1.38. The van der Waals surface area contributed by atoms with Crippen molar-refractivity contribution in [3.8, 4) is 0 Å². The van der Waals surface area contributed by atoms with Crippen LogP contribution in [0.5, 0.6) is 0 Å². The van der Waals surface area contributed by atoms with Crippen LogP contribution in [0.25, 0.3) is 0 Å². The number of carboxylic acid groups (broad SMARTS) is 1. The second-order valence-corrected chi connectivity index (χ2v) is 0.576. The van der Waals surface area contributed by atoms with Gasteiger partial charge in [0.15, 0.2) is 0 Å². The molecule has 0 bridgehead atoms. The average molecular weight is 137 g/mol. The van der Waals surface area contributed by atoms with Gasteiger partial charge in [-0.3, -0.25) is 0 Å². The first-order chi connectivity index (χ1) is 2.27. The van der Waals surface area contributed by atoms with Gasteiger partial charge in [0, 0.05) is 6.54 Å². The number of carbonyl (C=O) groups is 1. The van der Waals surface area contributed by atoms with Crippen molar-refractivity contribution < 1.29 is 61.3 Å². The Hall–Kier alpha value is 2.07. The monoisotopic (exact) mass is 137 g/mol. The van der Waals surface area contributed by atoms with Crippen molar-refractivity contribution in [3.63, 3.8) is 0 Å². The molecule has 0 heterocycles. The van der Waals surface area contributed by atoms with Crippen molar-refractivity contribution in [1.82, 2.24) is 0 Å². The van der Waals surface area contributed by atoms with Gasteiger partial charge in [0.2, 0.25) is 0 Å². The van der Waals surface area contributed by atoms with E-state index in [4.69, 9.17) is 9.90 Å². The van der Waals surface area contributed by atoms with Crippen LogP contribution in [0.3, 0.4) is 0 Å². The molecule has 2 N–H and O–H groups in total. The Morgan fingerprint density at radius 2 is 1.86 bits per heavy atom. The van der Waals surface area contributed by atoms with Crippen LogP contribution in [0, 0.1) is 0 Å². The summed E-state index contributed by atoms with van der Waals surface area (Å²) in [6.45, 7) is -0.389. The van der Waals surface area contributed by atoms with E-state index in [-0.39, 0.29) is 87.5 Å². The second-order valence-electron chi connectivity index (χ2n) is 0.576. The van der Waals surface area contributed by atoms with E-state index >= 15 is 0 Å². The number of hydrogen-bond acceptors (Lipinski definition) is 3. The van der Waals surface area contributed by atoms with Crippen molar-refractivity contribution in [1.29, 1.82) is 0 Å². The Bertz CT molecular complexity index is 51.0. The first-order valence-corrected chi connectivity index (χ1v) is 1.17. The molecule has 5 heteroatoms. The molecule has 0 amide bonds. The van der Waals surface area contributed by atoms with Crippen molar-refractivity contribution in [2.45, 2.75) is 0 Å². The van der Waals surface area contributed by atoms with Gasteiger partial charge in [-0.05, 0) is 0 Å². The van der Waals surface area contributed by atoms with E-state index in [1.54, 1.807) is 0 Å². The molecule has 0 spiro atoms. The van der Waals surface area contributed by atoms with Crippen LogP contribution in [0.2, 0.25) is 0 Å². The van der Waals surface area contributed by atoms with Crippen molar-refractivity contribution in [2.24, 2.45) is 5.73 Å². The van der Waals surface area contributed by atoms with Gasteiger partial charge >= 0.3 is 80.9 Å². The van der Waals surface area contributed by atoms with Crippen molar-refractivity contribution in [2.75, 3.05) is 6.54 Å². The van der Waals surface area contributed by atoms with E-state index in [1.165, 1.54) is 0 Å². The van der Waals surface area contributed by atoms with E-state index in [2.05, 4.69) is 5.73 Å². The standard InChI is InChI=1S/C2H5NO2.K.Na.H/c3-1-2(4)5;;;/h1,3H2,(H,4,5);;;/q;+1;;/p-1. The number of rotatable bonds is 1. The van der Waals surface area contributed by atoms with Crippen LogP contribution in [-0.2, 0) is 4.79 Å². The Labute approximate surface area is 107 Å². The van der Waals surface area contributed by atoms with E-state index in [9.17, 15) is 0 Å². The zero-order chi connectivity index (χ0) is 4.28. The first kappa shape index (κ1) is 16.0. The Kier molecular flexibility index (Phi) is 25.1. The molecule has 7 heavy (non-hydrogen) atoms. The van der Waals surface area contributed by atoms with E-state index in [1.807, 2.05) is 0 Å². The van der Waals surface area contributed by atoms with E-state index in [0.717, 1.165) is 0 Å². The van der Waals surface area contributed by atoms with Gasteiger partial charge in [-0.15, -0.1) is 0 Å². The SMILES string of the molecule is NCC(=O)[O-].[K+].[NaH]. The fourth-order valence-electron chi connectivity index (χ4n) is 0. The Morgan fingerprint density at radius 3 is 1.86 bits per heavy atom. The van der Waals surface area contributed by atoms with Crippen molar-refractivity contribution in [3.05, 3.63) is 0 Å². The third-order valence-electron chi connectivity index (χ3n) is 0.167. The maximum atomic E-state index is 9.13. The normalized spacial score (nSPS) is 5.29. The van der Waals surface area contributed by atoms with Crippen LogP contribution < -0.4 is 62.2 Å². The van der Waals surface area contributed by atoms with Crippen LogP contribution in [0.1, 0.15) is 0 Å². The molecule has 0 aliphatic rings. The molecule has 0 radical (unpaired) electrons. The number of hydrogen-bond donors (Lipinski definition) is 1. The van der Waals surface area contributed by atoms with Gasteiger partial charge in [0.05, 0.1) is 5.97 Å². The quantitative estimate of drug-likeness (QED) is 0.366. The minimum atomic E-state index is -1.22. The van der Waals surface area contributed by atoms with E-state index in [0.29, 0.717) is 0 Å². The molecule has 3 nitrogen and oxygen atoms in total. The summed E-state index contributed by atoms with van der Waals surface area (Å²) < 4.78 is 0. The summed E-state index contributed by atoms with van der Waals surface area (Å²) in [5.41, 5.74) is 4.51. The molecular formula is C2H5KNNaO2. The molecule has 0 fully saturated rings. The molecule has 0 saturated carbocycles. The van der Waals surface area contributed by atoms with Gasteiger partial charge < -0.3 is 15.6 Å². The molecule has 0 aromatic heterocycles. The van der Waals surface area contributed by atoms with Crippen molar-refractivity contribution >= 4 is 35.5 Å². The van der Waals surface area contributed by atoms with Crippen LogP contribution in [-0.4, -0.2) is 42.1 Å². The van der Waals surface area contributed by atoms with Gasteiger partial charge in [0.1, 0.15) is 0 Å². The molecule has 0 atom stereocenters. The van der Waals surface area contributed by atoms with Gasteiger partial charge in [-0.2, -0.15) is 0 Å². The van der Waals surface area contributed by atoms with Crippen LogP contribution >= 0.6 is 0 Å². The summed E-state index contributed by atoms with van der Waals surface area (Å²) in [4.78, 5) is 9.13. The third-order valence-corrected chi connectivity index (χ3v) is 0.167. The Balaban J connectivity index is -0.0000000800. The number of nitrogens with two attached hydrogens (primary N) is 1. The summed E-state index contributed by atoms with van der Waals surface area (Å²) in [5, 5.41) is 9.13. The number of carbonyl (C=O) groups excluding carboxylic acids is 1. The van der Waals surface area contributed by atoms with Gasteiger partial charge in [-0.1, -0.05) is 0 Å². The summed E-state index contributed by atoms with van der Waals surface area (Å²) >= 11 is 0. The topological polar surface area (TPSA) is 66.2 Å². The number of carboxylic acids is 1. The summed E-state index contributed by atoms with van der Waals surface area (Å²) in [5.74, 6) is -1.22. The molecule has 32 valence electrons. The zero-order valence-corrected chi connectivity index (χ0v) is 6.72. The molecule has 0 aromatic rings. The third kappa shape index (κ3) is 18.0. The molecule has 0 aromatic carbocycles. The summed E-state index contributed by atoms with van der Waals surface area (Å²) in [6.07, 6.45) is 0. The zero-order valence-electron chi connectivity index (χ0n) is 3.60. The molecule has 0 unspecified atom stereocenters. The predicted molar refractivity (Wildman–Crippen MR) is 21.2 cm³/mol.